The smallest absolute Gasteiger partial charge is 0.327 e. The van der Waals surface area contributed by atoms with Gasteiger partial charge in [0.25, 0.3) is 0 Å². The lowest BCUT2D eigenvalue weighted by Crippen LogP contribution is -2.51. The van der Waals surface area contributed by atoms with Gasteiger partial charge in [0, 0.05) is 0 Å². The molecule has 7 atom stereocenters. The predicted molar refractivity (Wildman–Crippen MR) is 149 cm³/mol. The molecule has 0 amide bonds. The highest BCUT2D eigenvalue weighted by atomic mass is 31.2. The highest BCUT2D eigenvalue weighted by Gasteiger charge is 2.51. The van der Waals surface area contributed by atoms with Crippen molar-refractivity contribution in [3.63, 3.8) is 0 Å². The van der Waals surface area contributed by atoms with Crippen LogP contribution in [0.25, 0.3) is 0 Å². The van der Waals surface area contributed by atoms with E-state index in [0.29, 0.717) is 17.8 Å². The van der Waals surface area contributed by atoms with Gasteiger partial charge in [-0.2, -0.15) is 0 Å². The molecule has 1 rings (SSSR count). The molecule has 1 saturated carbocycles. The van der Waals surface area contributed by atoms with Gasteiger partial charge in [0.05, 0.1) is 6.10 Å². The van der Waals surface area contributed by atoms with Gasteiger partial charge < -0.3 is 14.3 Å². The fourth-order valence-corrected chi connectivity index (χ4v) is 7.17. The summed E-state index contributed by atoms with van der Waals surface area (Å²) in [5.41, 5.74) is 0.560. The summed E-state index contributed by atoms with van der Waals surface area (Å²) >= 11 is 0. The standard InChI is InChI=1S/C30H59O3P/c1-15-20(27(3,4)5)18-24(29(9,10)11)22(16-2)23-17-21(28(6,7)8)19-25(30(12,13)14)26(23)33-34(31)32/h16,20-26,31-32H,2,15,17-19H2,1,3-14H3. The van der Waals surface area contributed by atoms with E-state index in [2.05, 4.69) is 103 Å². The molecule has 0 aromatic carbocycles. The molecule has 3 nitrogen and oxygen atoms in total. The van der Waals surface area contributed by atoms with Gasteiger partial charge >= 0.3 is 8.60 Å². The first-order chi connectivity index (χ1) is 15.1. The van der Waals surface area contributed by atoms with E-state index in [1.165, 1.54) is 6.42 Å². The topological polar surface area (TPSA) is 49.7 Å². The van der Waals surface area contributed by atoms with E-state index in [9.17, 15) is 9.79 Å². The largest absolute Gasteiger partial charge is 0.328 e. The minimum atomic E-state index is -2.42. The predicted octanol–water partition coefficient (Wildman–Crippen LogP) is 9.24. The highest BCUT2D eigenvalue weighted by Crippen LogP contribution is 2.56. The molecule has 0 heterocycles. The van der Waals surface area contributed by atoms with Crippen LogP contribution in [0.2, 0.25) is 0 Å². The van der Waals surface area contributed by atoms with Crippen LogP contribution in [0, 0.1) is 57.2 Å². The Morgan fingerprint density at radius 2 is 1.41 bits per heavy atom. The van der Waals surface area contributed by atoms with Gasteiger partial charge in [-0.15, -0.1) is 6.58 Å². The molecule has 0 aliphatic heterocycles. The zero-order valence-electron chi connectivity index (χ0n) is 24.9. The van der Waals surface area contributed by atoms with Crippen LogP contribution in [0.1, 0.15) is 116 Å². The van der Waals surface area contributed by atoms with E-state index in [1.54, 1.807) is 0 Å². The quantitative estimate of drug-likeness (QED) is 0.259. The van der Waals surface area contributed by atoms with Crippen LogP contribution in [0.4, 0.5) is 0 Å². The van der Waals surface area contributed by atoms with Crippen molar-refractivity contribution in [3.05, 3.63) is 12.7 Å². The number of hydrogen-bond acceptors (Lipinski definition) is 3. The van der Waals surface area contributed by atoms with Gasteiger partial charge in [-0.1, -0.05) is 103 Å². The van der Waals surface area contributed by atoms with Crippen molar-refractivity contribution >= 4 is 8.60 Å². The van der Waals surface area contributed by atoms with Gasteiger partial charge in [0.15, 0.2) is 0 Å². The summed E-state index contributed by atoms with van der Waals surface area (Å²) in [7, 11) is -2.42. The number of hydrogen-bond donors (Lipinski definition) is 2. The van der Waals surface area contributed by atoms with Crippen LogP contribution >= 0.6 is 8.60 Å². The van der Waals surface area contributed by atoms with E-state index in [1.807, 2.05) is 0 Å². The lowest BCUT2D eigenvalue weighted by Gasteiger charge is -2.54. The van der Waals surface area contributed by atoms with Crippen molar-refractivity contribution in [2.45, 2.75) is 122 Å². The molecule has 1 fully saturated rings. The molecule has 0 spiro atoms. The van der Waals surface area contributed by atoms with E-state index in [-0.39, 0.29) is 45.5 Å². The third kappa shape index (κ3) is 8.57. The van der Waals surface area contributed by atoms with E-state index in [4.69, 9.17) is 4.52 Å². The fourth-order valence-electron chi connectivity index (χ4n) is 6.65. The summed E-state index contributed by atoms with van der Waals surface area (Å²) in [6.45, 7) is 34.8. The lowest BCUT2D eigenvalue weighted by molar-refractivity contribution is -0.0855. The molecule has 0 aromatic heterocycles. The monoisotopic (exact) mass is 498 g/mol. The van der Waals surface area contributed by atoms with Crippen molar-refractivity contribution in [2.75, 3.05) is 0 Å². The maximum atomic E-state index is 10.0. The third-order valence-corrected chi connectivity index (χ3v) is 9.50. The first kappa shape index (κ1) is 32.1. The number of allylic oxidation sites excluding steroid dienone is 1. The summed E-state index contributed by atoms with van der Waals surface area (Å²) in [4.78, 5) is 20.1. The van der Waals surface area contributed by atoms with Crippen LogP contribution in [0.5, 0.6) is 0 Å². The van der Waals surface area contributed by atoms with Crippen LogP contribution < -0.4 is 0 Å². The minimum Gasteiger partial charge on any atom is -0.328 e. The molecule has 1 aliphatic rings. The van der Waals surface area contributed by atoms with Gasteiger partial charge in [-0.3, -0.25) is 0 Å². The molecule has 0 bridgehead atoms. The van der Waals surface area contributed by atoms with Crippen LogP contribution in [0.15, 0.2) is 12.7 Å². The second-order valence-corrected chi connectivity index (χ2v) is 16.2. The molecule has 0 aromatic rings. The van der Waals surface area contributed by atoms with Crippen LogP contribution in [0.3, 0.4) is 0 Å². The van der Waals surface area contributed by atoms with Crippen LogP contribution in [-0.4, -0.2) is 15.9 Å². The lowest BCUT2D eigenvalue weighted by atomic mass is 9.53. The van der Waals surface area contributed by atoms with Crippen molar-refractivity contribution in [2.24, 2.45) is 57.2 Å². The highest BCUT2D eigenvalue weighted by molar-refractivity contribution is 7.39. The average Bonchev–Trinajstić information content (AvgIpc) is 2.61. The Hall–Kier alpha value is 0.0500. The maximum Gasteiger partial charge on any atom is 0.327 e. The summed E-state index contributed by atoms with van der Waals surface area (Å²) in [5.74, 6) is 2.34. The summed E-state index contributed by atoms with van der Waals surface area (Å²) in [6.07, 6.45) is 6.42. The first-order valence-corrected chi connectivity index (χ1v) is 14.8. The normalized spacial score (nSPS) is 28.0. The molecular weight excluding hydrogens is 439 g/mol. The molecule has 7 unspecified atom stereocenters. The fraction of sp³-hybridized carbons (Fsp3) is 0.933. The Morgan fingerprint density at radius 1 is 0.882 bits per heavy atom. The Labute approximate surface area is 214 Å². The Bertz CT molecular complexity index is 629. The second-order valence-electron chi connectivity index (χ2n) is 15.5. The molecule has 4 heteroatoms. The van der Waals surface area contributed by atoms with Crippen molar-refractivity contribution in [3.8, 4) is 0 Å². The summed E-state index contributed by atoms with van der Waals surface area (Å²) in [6, 6.07) is 0. The molecule has 0 saturated heterocycles. The Balaban J connectivity index is 3.63. The zero-order chi connectivity index (χ0) is 26.9. The maximum absolute atomic E-state index is 10.0. The first-order valence-electron chi connectivity index (χ1n) is 13.6. The zero-order valence-corrected chi connectivity index (χ0v) is 25.8. The molecule has 1 aliphatic carbocycles. The summed E-state index contributed by atoms with van der Waals surface area (Å²) < 4.78 is 6.08. The Kier molecular flexibility index (Phi) is 11.0. The second kappa shape index (κ2) is 11.6. The number of rotatable bonds is 8. The van der Waals surface area contributed by atoms with E-state index < -0.39 is 8.60 Å². The van der Waals surface area contributed by atoms with Gasteiger partial charge in [-0.05, 0) is 76.4 Å². The molecule has 0 radical (unpaired) electrons. The third-order valence-electron chi connectivity index (χ3n) is 9.07. The Morgan fingerprint density at radius 3 is 1.74 bits per heavy atom. The molecule has 34 heavy (non-hydrogen) atoms. The van der Waals surface area contributed by atoms with Gasteiger partial charge in [-0.25, -0.2) is 0 Å². The van der Waals surface area contributed by atoms with Gasteiger partial charge in [0.1, 0.15) is 0 Å². The van der Waals surface area contributed by atoms with Crippen molar-refractivity contribution in [1.82, 2.24) is 0 Å². The SMILES string of the molecule is C=CC(C1CC(C(C)(C)C)CC(C(C)(C)C)C1OP(O)O)C(CC(CC)C(C)(C)C)C(C)(C)C. The average molecular weight is 499 g/mol. The van der Waals surface area contributed by atoms with Crippen molar-refractivity contribution < 1.29 is 14.3 Å². The van der Waals surface area contributed by atoms with E-state index in [0.717, 1.165) is 19.3 Å². The molecular formula is C30H59O3P. The molecule has 2 N–H and O–H groups in total. The van der Waals surface area contributed by atoms with Crippen LogP contribution in [-0.2, 0) is 4.52 Å². The molecule has 202 valence electrons. The summed E-state index contributed by atoms with van der Waals surface area (Å²) in [5, 5.41) is 0. The van der Waals surface area contributed by atoms with Crippen molar-refractivity contribution in [1.29, 1.82) is 0 Å². The van der Waals surface area contributed by atoms with Gasteiger partial charge in [0.2, 0.25) is 0 Å². The van der Waals surface area contributed by atoms with E-state index >= 15 is 0 Å². The minimum absolute atomic E-state index is 0.0124.